The Balaban J connectivity index is 1.10. The Kier molecular flexibility index (Phi) is 6.47. The summed E-state index contributed by atoms with van der Waals surface area (Å²) in [6.45, 7) is 2.67. The Hall–Kier alpha value is -4.23. The zero-order valence-electron chi connectivity index (χ0n) is 21.6. The third-order valence-corrected chi connectivity index (χ3v) is 8.42. The molecule has 3 aromatic carbocycles. The fourth-order valence-corrected chi connectivity index (χ4v) is 6.08. The van der Waals surface area contributed by atoms with E-state index in [1.807, 2.05) is 29.1 Å². The second-order valence-electron chi connectivity index (χ2n) is 10.4. The van der Waals surface area contributed by atoms with E-state index in [0.717, 1.165) is 35.6 Å². The zero-order chi connectivity index (χ0) is 28.1. The van der Waals surface area contributed by atoms with Crippen LogP contribution in [0, 0.1) is 29.0 Å². The van der Waals surface area contributed by atoms with Crippen LogP contribution < -0.4 is 16.0 Å². The lowest BCUT2D eigenvalue weighted by atomic mass is 10.1. The normalized spacial score (nSPS) is 19.1. The second-order valence-corrected chi connectivity index (χ2v) is 11.2. The van der Waals surface area contributed by atoms with Gasteiger partial charge in [0.25, 0.3) is 0 Å². The number of benzene rings is 3. The molecule has 204 valence electrons. The summed E-state index contributed by atoms with van der Waals surface area (Å²) in [6, 6.07) is 18.8. The topological polar surface area (TPSA) is 103 Å². The molecule has 3 heterocycles. The van der Waals surface area contributed by atoms with Crippen LogP contribution in [0.5, 0.6) is 0 Å². The van der Waals surface area contributed by atoms with Crippen molar-refractivity contribution in [3.8, 4) is 17.3 Å². The minimum atomic E-state index is -0.524. The molecule has 1 aliphatic carbocycles. The minimum Gasteiger partial charge on any atom is -0.381 e. The van der Waals surface area contributed by atoms with Crippen molar-refractivity contribution in [2.75, 3.05) is 23.7 Å². The minimum absolute atomic E-state index is 0.0225. The number of anilines is 3. The Labute approximate surface area is 245 Å². The second kappa shape index (κ2) is 10.3. The molecular weight excluding hydrogens is 562 g/mol. The molecule has 2 aromatic heterocycles. The molecule has 1 saturated heterocycles. The summed E-state index contributed by atoms with van der Waals surface area (Å²) in [5.74, 6) is 0.832. The number of nitrogens with one attached hydrogen (secondary N) is 3. The third kappa shape index (κ3) is 4.84. The van der Waals surface area contributed by atoms with Gasteiger partial charge in [0, 0.05) is 60.0 Å². The number of piperidine rings is 1. The van der Waals surface area contributed by atoms with Gasteiger partial charge in [-0.2, -0.15) is 5.26 Å². The maximum Gasteiger partial charge on any atom is 0.141 e. The van der Waals surface area contributed by atoms with Crippen LogP contribution in [0.25, 0.3) is 22.2 Å². The van der Waals surface area contributed by atoms with Gasteiger partial charge in [-0.3, -0.25) is 4.98 Å². The van der Waals surface area contributed by atoms with Crippen LogP contribution >= 0.6 is 23.2 Å². The molecule has 0 spiro atoms. The maximum absolute atomic E-state index is 13.7. The summed E-state index contributed by atoms with van der Waals surface area (Å²) in [5.41, 5.74) is 5.62. The van der Waals surface area contributed by atoms with Crippen molar-refractivity contribution in [1.29, 1.82) is 5.26 Å². The van der Waals surface area contributed by atoms with E-state index in [-0.39, 0.29) is 5.02 Å². The van der Waals surface area contributed by atoms with Crippen molar-refractivity contribution in [3.05, 3.63) is 94.0 Å². The number of hydrogen-bond acceptors (Lipinski definition) is 7. The van der Waals surface area contributed by atoms with E-state index in [9.17, 15) is 9.65 Å². The molecule has 41 heavy (non-hydrogen) atoms. The van der Waals surface area contributed by atoms with E-state index in [4.69, 9.17) is 23.2 Å². The standard InChI is InChI=1S/C30H23Cl2FN8/c31-24-8-19(5-6-26(24)33)38-28-18(10-34)12-37-29-21(28)7-20(9-25(29)32)36-11-16-1-3-17(4-2-16)27-15-41(40-39-27)30-22-13-35-14-23(22)30/h1-9,12,15,22-23,30,35-36H,11,13-14H2,(H,37,38)/t22-,23-/m1/s1. The molecule has 0 radical (unpaired) electrons. The molecule has 1 aliphatic heterocycles. The maximum atomic E-state index is 13.7. The highest BCUT2D eigenvalue weighted by molar-refractivity contribution is 6.36. The Morgan fingerprint density at radius 3 is 2.56 bits per heavy atom. The summed E-state index contributed by atoms with van der Waals surface area (Å²) in [7, 11) is 0. The number of aromatic nitrogens is 4. The molecule has 2 atom stereocenters. The monoisotopic (exact) mass is 584 g/mol. The molecule has 1 saturated carbocycles. The molecular formula is C30H23Cl2FN8. The quantitative estimate of drug-likeness (QED) is 0.199. The van der Waals surface area contributed by atoms with E-state index >= 15 is 0 Å². The van der Waals surface area contributed by atoms with Gasteiger partial charge in [0.05, 0.1) is 39.1 Å². The summed E-state index contributed by atoms with van der Waals surface area (Å²) < 4.78 is 15.7. The first-order valence-corrected chi connectivity index (χ1v) is 13.9. The molecule has 0 unspecified atom stereocenters. The lowest BCUT2D eigenvalue weighted by Gasteiger charge is -2.15. The van der Waals surface area contributed by atoms with Crippen LogP contribution in [0.2, 0.25) is 10.0 Å². The molecule has 7 rings (SSSR count). The van der Waals surface area contributed by atoms with Crippen molar-refractivity contribution in [1.82, 2.24) is 25.3 Å². The predicted octanol–water partition coefficient (Wildman–Crippen LogP) is 6.56. The van der Waals surface area contributed by atoms with Gasteiger partial charge in [-0.05, 0) is 35.9 Å². The molecule has 3 N–H and O–H groups in total. The highest BCUT2D eigenvalue weighted by Crippen LogP contribution is 2.52. The zero-order valence-corrected chi connectivity index (χ0v) is 23.1. The van der Waals surface area contributed by atoms with Crippen molar-refractivity contribution < 1.29 is 4.39 Å². The molecule has 11 heteroatoms. The number of nitrogens with zero attached hydrogens (tertiary/aromatic N) is 5. The van der Waals surface area contributed by atoms with Crippen LogP contribution in [0.1, 0.15) is 17.2 Å². The van der Waals surface area contributed by atoms with E-state index < -0.39 is 5.82 Å². The van der Waals surface area contributed by atoms with Crippen molar-refractivity contribution in [3.63, 3.8) is 0 Å². The Morgan fingerprint density at radius 2 is 1.80 bits per heavy atom. The van der Waals surface area contributed by atoms with Gasteiger partial charge in [-0.1, -0.05) is 52.7 Å². The van der Waals surface area contributed by atoms with Gasteiger partial charge in [-0.15, -0.1) is 5.10 Å². The van der Waals surface area contributed by atoms with Gasteiger partial charge < -0.3 is 16.0 Å². The number of hydrogen-bond donors (Lipinski definition) is 3. The third-order valence-electron chi connectivity index (χ3n) is 7.84. The van der Waals surface area contributed by atoms with Crippen LogP contribution in [-0.4, -0.2) is 33.1 Å². The predicted molar refractivity (Wildman–Crippen MR) is 158 cm³/mol. The lowest BCUT2D eigenvalue weighted by molar-refractivity contribution is 0.509. The van der Waals surface area contributed by atoms with Crippen molar-refractivity contribution in [2.24, 2.45) is 11.8 Å². The van der Waals surface area contributed by atoms with Gasteiger partial charge >= 0.3 is 0 Å². The van der Waals surface area contributed by atoms with Gasteiger partial charge in [-0.25, -0.2) is 9.07 Å². The highest BCUT2D eigenvalue weighted by atomic mass is 35.5. The van der Waals surface area contributed by atoms with Crippen LogP contribution in [0.15, 0.2) is 67.0 Å². The van der Waals surface area contributed by atoms with Crippen LogP contribution in [0.3, 0.4) is 0 Å². The summed E-state index contributed by atoms with van der Waals surface area (Å²) in [5, 5.41) is 29.6. The molecule has 0 amide bonds. The van der Waals surface area contributed by atoms with Crippen molar-refractivity contribution >= 4 is 51.2 Å². The Bertz CT molecular complexity index is 1820. The largest absolute Gasteiger partial charge is 0.381 e. The average Bonchev–Trinajstić information content (AvgIpc) is 3.32. The number of nitriles is 1. The number of rotatable bonds is 7. The first-order valence-electron chi connectivity index (χ1n) is 13.2. The molecule has 8 nitrogen and oxygen atoms in total. The van der Waals surface area contributed by atoms with E-state index in [0.29, 0.717) is 57.3 Å². The molecule has 2 aliphatic rings. The van der Waals surface area contributed by atoms with Crippen LogP contribution in [-0.2, 0) is 6.54 Å². The highest BCUT2D eigenvalue weighted by Gasteiger charge is 2.54. The first-order chi connectivity index (χ1) is 20.0. The van der Waals surface area contributed by atoms with Gasteiger partial charge in [0.1, 0.15) is 17.6 Å². The lowest BCUT2D eigenvalue weighted by Crippen LogP contribution is -2.16. The first kappa shape index (κ1) is 25.7. The molecule has 2 fully saturated rings. The summed E-state index contributed by atoms with van der Waals surface area (Å²) in [4.78, 5) is 4.39. The number of halogens is 3. The fraction of sp³-hybridized carbons (Fsp3) is 0.200. The van der Waals surface area contributed by atoms with E-state index in [1.54, 1.807) is 12.1 Å². The van der Waals surface area contributed by atoms with Crippen molar-refractivity contribution in [2.45, 2.75) is 12.6 Å². The fourth-order valence-electron chi connectivity index (χ4n) is 5.63. The number of pyridine rings is 1. The smallest absolute Gasteiger partial charge is 0.141 e. The Morgan fingerprint density at radius 1 is 1.02 bits per heavy atom. The SMILES string of the molecule is N#Cc1cnc2c(Cl)cc(NCc3ccc(-c4cn(C5[C@@H]6CNC[C@@H]56)nn4)cc3)cc2c1Nc1ccc(F)c(Cl)c1. The van der Waals surface area contributed by atoms with Gasteiger partial charge in [0.15, 0.2) is 0 Å². The van der Waals surface area contributed by atoms with Gasteiger partial charge in [0.2, 0.25) is 0 Å². The van der Waals surface area contributed by atoms with E-state index in [1.165, 1.54) is 18.3 Å². The summed E-state index contributed by atoms with van der Waals surface area (Å²) in [6.07, 6.45) is 3.50. The van der Waals surface area contributed by atoms with E-state index in [2.05, 4.69) is 49.4 Å². The van der Waals surface area contributed by atoms with Crippen LogP contribution in [0.4, 0.5) is 21.5 Å². The number of fused-ring (bicyclic) bond motifs is 2. The molecule has 0 bridgehead atoms. The average molecular weight is 585 g/mol. The molecule has 5 aromatic rings. The summed E-state index contributed by atoms with van der Waals surface area (Å²) >= 11 is 12.6.